The second-order valence-electron chi connectivity index (χ2n) is 4.82. The molecule has 0 fully saturated rings. The van der Waals surface area contributed by atoms with E-state index in [1.165, 1.54) is 12.1 Å². The summed E-state index contributed by atoms with van der Waals surface area (Å²) < 4.78 is 13.3. The van der Waals surface area contributed by atoms with Gasteiger partial charge in [-0.2, -0.15) is 0 Å². The summed E-state index contributed by atoms with van der Waals surface area (Å²) in [6.07, 6.45) is 1.68. The molecule has 3 rings (SSSR count). The monoisotopic (exact) mass is 283 g/mol. The third kappa shape index (κ3) is 2.63. The Morgan fingerprint density at radius 2 is 2.19 bits per heavy atom. The Morgan fingerprint density at radius 1 is 1.33 bits per heavy atom. The van der Waals surface area contributed by atoms with Crippen LogP contribution in [-0.2, 0) is 6.54 Å². The molecular weight excluding hydrogens is 269 g/mol. The van der Waals surface area contributed by atoms with E-state index in [-0.39, 0.29) is 11.7 Å². The molecule has 2 N–H and O–H groups in total. The molecule has 106 valence electrons. The Bertz CT molecular complexity index is 796. The highest BCUT2D eigenvalue weighted by molar-refractivity contribution is 6.00. The molecule has 4 nitrogen and oxygen atoms in total. The molecule has 1 amide bonds. The van der Waals surface area contributed by atoms with Gasteiger partial charge in [0.2, 0.25) is 0 Å². The van der Waals surface area contributed by atoms with Crippen LogP contribution >= 0.6 is 0 Å². The van der Waals surface area contributed by atoms with Gasteiger partial charge in [-0.3, -0.25) is 9.78 Å². The topological polar surface area (TPSA) is 57.8 Å². The zero-order valence-electron chi connectivity index (χ0n) is 11.5. The van der Waals surface area contributed by atoms with Crippen molar-refractivity contribution in [2.24, 2.45) is 0 Å². The van der Waals surface area contributed by atoms with Crippen LogP contribution in [0.5, 0.6) is 0 Å². The number of nitrogens with one attached hydrogen (secondary N) is 2. The van der Waals surface area contributed by atoms with Gasteiger partial charge in [-0.15, -0.1) is 0 Å². The average molecular weight is 283 g/mol. The van der Waals surface area contributed by atoms with E-state index in [1.807, 2.05) is 18.2 Å². The molecule has 0 aliphatic carbocycles. The molecule has 0 aliphatic rings. The number of rotatable bonds is 3. The zero-order chi connectivity index (χ0) is 14.8. The number of carbonyl (C=O) groups excluding carboxylic acids is 1. The van der Waals surface area contributed by atoms with Crippen LogP contribution in [-0.4, -0.2) is 15.9 Å². The average Bonchev–Trinajstić information content (AvgIpc) is 2.83. The Morgan fingerprint density at radius 3 is 2.95 bits per heavy atom. The molecule has 0 saturated heterocycles. The van der Waals surface area contributed by atoms with Crippen molar-refractivity contribution in [2.45, 2.75) is 13.5 Å². The van der Waals surface area contributed by atoms with Gasteiger partial charge in [0.05, 0.1) is 12.2 Å². The van der Waals surface area contributed by atoms with Crippen molar-refractivity contribution in [3.63, 3.8) is 0 Å². The van der Waals surface area contributed by atoms with Gasteiger partial charge in [-0.1, -0.05) is 6.07 Å². The predicted molar refractivity (Wildman–Crippen MR) is 78.4 cm³/mol. The van der Waals surface area contributed by atoms with Crippen LogP contribution in [0.2, 0.25) is 0 Å². The molecule has 0 saturated carbocycles. The number of benzene rings is 1. The van der Waals surface area contributed by atoms with Crippen molar-refractivity contribution in [1.82, 2.24) is 15.3 Å². The van der Waals surface area contributed by atoms with Crippen molar-refractivity contribution >= 4 is 16.8 Å². The maximum Gasteiger partial charge on any atom is 0.268 e. The summed E-state index contributed by atoms with van der Waals surface area (Å²) in [5, 5.41) is 3.53. The van der Waals surface area contributed by atoms with E-state index in [4.69, 9.17) is 0 Å². The maximum atomic E-state index is 13.3. The van der Waals surface area contributed by atoms with E-state index < -0.39 is 0 Å². The largest absolute Gasteiger partial charge is 0.350 e. The van der Waals surface area contributed by atoms with Gasteiger partial charge in [-0.25, -0.2) is 4.39 Å². The number of hydrogen-bond donors (Lipinski definition) is 2. The van der Waals surface area contributed by atoms with Crippen LogP contribution in [0, 0.1) is 12.7 Å². The number of amides is 1. The fourth-order valence-corrected chi connectivity index (χ4v) is 2.29. The zero-order valence-corrected chi connectivity index (χ0v) is 11.5. The SMILES string of the molecule is Cc1c(C(=O)NCc2ccccn2)[nH]c2ccc(F)cc12. The Labute approximate surface area is 121 Å². The highest BCUT2D eigenvalue weighted by Gasteiger charge is 2.14. The fraction of sp³-hybridized carbons (Fsp3) is 0.125. The van der Waals surface area contributed by atoms with Crippen LogP contribution in [0.15, 0.2) is 42.6 Å². The summed E-state index contributed by atoms with van der Waals surface area (Å²) in [4.78, 5) is 19.4. The van der Waals surface area contributed by atoms with Crippen molar-refractivity contribution in [2.75, 3.05) is 0 Å². The van der Waals surface area contributed by atoms with Crippen LogP contribution in [0.3, 0.4) is 0 Å². The normalized spacial score (nSPS) is 10.8. The minimum atomic E-state index is -0.315. The van der Waals surface area contributed by atoms with Gasteiger partial charge in [0, 0.05) is 17.1 Å². The summed E-state index contributed by atoms with van der Waals surface area (Å²) in [5.74, 6) is -0.542. The molecule has 1 aromatic carbocycles. The standard InChI is InChI=1S/C16H14FN3O/c1-10-13-8-11(17)5-6-14(13)20-15(10)16(21)19-9-12-4-2-3-7-18-12/h2-8,20H,9H2,1H3,(H,19,21). The fourth-order valence-electron chi connectivity index (χ4n) is 2.29. The second kappa shape index (κ2) is 5.36. The number of aromatic amines is 1. The smallest absolute Gasteiger partial charge is 0.268 e. The molecule has 0 spiro atoms. The van der Waals surface area contributed by atoms with Gasteiger partial charge in [-0.05, 0) is 42.8 Å². The number of fused-ring (bicyclic) bond motifs is 1. The lowest BCUT2D eigenvalue weighted by atomic mass is 10.1. The lowest BCUT2D eigenvalue weighted by molar-refractivity contribution is 0.0945. The first-order valence-corrected chi connectivity index (χ1v) is 6.61. The van der Waals surface area contributed by atoms with Gasteiger partial charge < -0.3 is 10.3 Å². The van der Waals surface area contributed by atoms with Crippen molar-refractivity contribution in [3.05, 3.63) is 65.4 Å². The van der Waals surface area contributed by atoms with Crippen LogP contribution < -0.4 is 5.32 Å². The first-order valence-electron chi connectivity index (χ1n) is 6.61. The molecule has 3 aromatic rings. The quantitative estimate of drug-likeness (QED) is 0.776. The van der Waals surface area contributed by atoms with Gasteiger partial charge in [0.25, 0.3) is 5.91 Å². The Kier molecular flexibility index (Phi) is 3.39. The molecule has 0 atom stereocenters. The molecule has 0 bridgehead atoms. The number of hydrogen-bond acceptors (Lipinski definition) is 2. The molecule has 21 heavy (non-hydrogen) atoms. The molecule has 2 heterocycles. The third-order valence-electron chi connectivity index (χ3n) is 3.40. The van der Waals surface area contributed by atoms with Gasteiger partial charge in [0.15, 0.2) is 0 Å². The number of pyridine rings is 1. The second-order valence-corrected chi connectivity index (χ2v) is 4.82. The molecule has 0 aliphatic heterocycles. The lowest BCUT2D eigenvalue weighted by Gasteiger charge is -2.04. The Hall–Kier alpha value is -2.69. The van der Waals surface area contributed by atoms with Crippen LogP contribution in [0.1, 0.15) is 21.7 Å². The number of aryl methyl sites for hydroxylation is 1. The van der Waals surface area contributed by atoms with Crippen molar-refractivity contribution in [1.29, 1.82) is 0 Å². The minimum absolute atomic E-state index is 0.227. The predicted octanol–water partition coefficient (Wildman–Crippen LogP) is 2.94. The molecule has 0 unspecified atom stereocenters. The summed E-state index contributed by atoms with van der Waals surface area (Å²) in [6.45, 7) is 2.15. The summed E-state index contributed by atoms with van der Waals surface area (Å²) in [6, 6.07) is 9.96. The maximum absolute atomic E-state index is 13.3. The van der Waals surface area contributed by atoms with Gasteiger partial charge in [0.1, 0.15) is 11.5 Å². The molecular formula is C16H14FN3O. The van der Waals surface area contributed by atoms with Crippen LogP contribution in [0.4, 0.5) is 4.39 Å². The van der Waals surface area contributed by atoms with E-state index in [0.29, 0.717) is 12.2 Å². The highest BCUT2D eigenvalue weighted by atomic mass is 19.1. The summed E-state index contributed by atoms with van der Waals surface area (Å²) in [5.41, 5.74) is 2.72. The van der Waals surface area contributed by atoms with Crippen molar-refractivity contribution in [3.8, 4) is 0 Å². The van der Waals surface area contributed by atoms with E-state index in [2.05, 4.69) is 15.3 Å². The summed E-state index contributed by atoms with van der Waals surface area (Å²) in [7, 11) is 0. The molecule has 5 heteroatoms. The number of H-pyrrole nitrogens is 1. The lowest BCUT2D eigenvalue weighted by Crippen LogP contribution is -2.24. The number of aromatic nitrogens is 2. The van der Waals surface area contributed by atoms with E-state index >= 15 is 0 Å². The van der Waals surface area contributed by atoms with Crippen LogP contribution in [0.25, 0.3) is 10.9 Å². The van der Waals surface area contributed by atoms with E-state index in [0.717, 1.165) is 22.2 Å². The molecule has 0 radical (unpaired) electrons. The first-order chi connectivity index (χ1) is 10.1. The van der Waals surface area contributed by atoms with Gasteiger partial charge >= 0.3 is 0 Å². The highest BCUT2D eigenvalue weighted by Crippen LogP contribution is 2.22. The third-order valence-corrected chi connectivity index (χ3v) is 3.40. The number of halogens is 1. The van der Waals surface area contributed by atoms with E-state index in [1.54, 1.807) is 19.2 Å². The number of nitrogens with zero attached hydrogens (tertiary/aromatic N) is 1. The van der Waals surface area contributed by atoms with Crippen molar-refractivity contribution < 1.29 is 9.18 Å². The first kappa shape index (κ1) is 13.3. The Balaban J connectivity index is 1.83. The molecule has 2 aromatic heterocycles. The number of carbonyl (C=O) groups is 1. The minimum Gasteiger partial charge on any atom is -0.350 e. The summed E-state index contributed by atoms with van der Waals surface area (Å²) >= 11 is 0. The van der Waals surface area contributed by atoms with E-state index in [9.17, 15) is 9.18 Å².